The van der Waals surface area contributed by atoms with Gasteiger partial charge in [0.05, 0.1) is 5.92 Å². The third-order valence-corrected chi connectivity index (χ3v) is 12.9. The minimum atomic E-state index is 0.164. The second-order valence-electron chi connectivity index (χ2n) is 15.9. The Labute approximate surface area is 327 Å². The summed E-state index contributed by atoms with van der Waals surface area (Å²) in [5.41, 5.74) is 21.8. The van der Waals surface area contributed by atoms with Gasteiger partial charge in [0.25, 0.3) is 0 Å². The Bertz CT molecular complexity index is 2610. The van der Waals surface area contributed by atoms with E-state index >= 15 is 0 Å². The van der Waals surface area contributed by atoms with E-state index < -0.39 is 0 Å². The Morgan fingerprint density at radius 3 is 2.38 bits per heavy atom. The third kappa shape index (κ3) is 6.04. The molecule has 0 fully saturated rings. The van der Waals surface area contributed by atoms with Crippen molar-refractivity contribution in [1.82, 2.24) is 4.98 Å². The highest BCUT2D eigenvalue weighted by Crippen LogP contribution is 2.53. The highest BCUT2D eigenvalue weighted by atomic mass is 14.7. The third-order valence-electron chi connectivity index (χ3n) is 12.9. The molecule has 4 atom stereocenters. The molecule has 0 bridgehead atoms. The number of H-pyrrole nitrogens is 1. The minimum Gasteiger partial charge on any atom is -0.358 e. The van der Waals surface area contributed by atoms with E-state index in [1.54, 1.807) is 0 Å². The van der Waals surface area contributed by atoms with Crippen molar-refractivity contribution in [3.8, 4) is 34.1 Å². The number of benzene rings is 5. The van der Waals surface area contributed by atoms with Crippen LogP contribution in [0.5, 0.6) is 0 Å². The average Bonchev–Trinajstić information content (AvgIpc) is 3.76. The number of allylic oxidation sites excluding steroid dienone is 5. The Balaban J connectivity index is 1.20. The first-order valence-electron chi connectivity index (χ1n) is 20.5. The molecule has 55 heavy (non-hydrogen) atoms. The highest BCUT2D eigenvalue weighted by Gasteiger charge is 2.43. The van der Waals surface area contributed by atoms with Gasteiger partial charge in [-0.05, 0) is 124 Å². The zero-order valence-corrected chi connectivity index (χ0v) is 33.0. The number of aromatic amines is 1. The van der Waals surface area contributed by atoms with Gasteiger partial charge in [-0.15, -0.1) is 0 Å². The molecule has 1 nitrogen and oxygen atoms in total. The number of hydrogen-bond donors (Lipinski definition) is 1. The van der Waals surface area contributed by atoms with Gasteiger partial charge in [0.15, 0.2) is 0 Å². The van der Waals surface area contributed by atoms with Crippen molar-refractivity contribution in [3.63, 3.8) is 0 Å². The van der Waals surface area contributed by atoms with E-state index in [9.17, 15) is 0 Å². The van der Waals surface area contributed by atoms with Crippen molar-refractivity contribution >= 4 is 22.6 Å². The van der Waals surface area contributed by atoms with Gasteiger partial charge in [0, 0.05) is 39.9 Å². The first-order chi connectivity index (χ1) is 27.0. The summed E-state index contributed by atoms with van der Waals surface area (Å²) in [4.78, 5) is 3.81. The molecule has 3 aliphatic carbocycles. The van der Waals surface area contributed by atoms with Gasteiger partial charge in [0.2, 0.25) is 0 Å². The molecule has 1 heteroatoms. The smallest absolute Gasteiger partial charge is 0.0504 e. The molecule has 272 valence electrons. The number of aryl methyl sites for hydroxylation is 3. The van der Waals surface area contributed by atoms with Crippen LogP contribution < -0.4 is 0 Å². The van der Waals surface area contributed by atoms with Crippen molar-refractivity contribution < 1.29 is 0 Å². The molecule has 3 aliphatic rings. The van der Waals surface area contributed by atoms with E-state index in [2.05, 4.69) is 179 Å². The second-order valence-corrected chi connectivity index (χ2v) is 15.9. The minimum absolute atomic E-state index is 0.164. The zero-order valence-electron chi connectivity index (χ0n) is 33.0. The van der Waals surface area contributed by atoms with E-state index in [0.29, 0.717) is 5.92 Å². The van der Waals surface area contributed by atoms with E-state index in [0.717, 1.165) is 32.1 Å². The van der Waals surface area contributed by atoms with Gasteiger partial charge in [-0.3, -0.25) is 0 Å². The van der Waals surface area contributed by atoms with E-state index in [4.69, 9.17) is 0 Å². The van der Waals surface area contributed by atoms with Gasteiger partial charge in [0.1, 0.15) is 0 Å². The molecular weight excluding hydrogens is 663 g/mol. The lowest BCUT2D eigenvalue weighted by atomic mass is 9.69. The van der Waals surface area contributed by atoms with Crippen molar-refractivity contribution in [2.45, 2.75) is 72.6 Å². The van der Waals surface area contributed by atoms with E-state index in [1.165, 1.54) is 94.5 Å². The summed E-state index contributed by atoms with van der Waals surface area (Å²) in [5, 5.41) is 1.34. The van der Waals surface area contributed by atoms with Gasteiger partial charge in [-0.25, -0.2) is 0 Å². The number of hydrogen-bond acceptors (Lipinski definition) is 0. The summed E-state index contributed by atoms with van der Waals surface area (Å²) >= 11 is 0. The SMILES string of the molecule is CCC1=C(/C=C\Cc2cccc3c4c([nH]c23)CCC=C4)C2C#C[C@H](C)C2C(c2ccccc2CC)c2cc(-c3cccc(-c4ccccc4C)c3C)ccc21. The van der Waals surface area contributed by atoms with Crippen molar-refractivity contribution in [3.05, 3.63) is 177 Å². The molecule has 0 saturated heterocycles. The van der Waals surface area contributed by atoms with Gasteiger partial charge < -0.3 is 4.98 Å². The summed E-state index contributed by atoms with van der Waals surface area (Å²) in [5.74, 6) is 8.58. The lowest BCUT2D eigenvalue weighted by Gasteiger charge is -2.33. The van der Waals surface area contributed by atoms with Crippen LogP contribution in [-0.4, -0.2) is 4.98 Å². The first-order valence-corrected chi connectivity index (χ1v) is 20.5. The summed E-state index contributed by atoms with van der Waals surface area (Å²) in [6, 6.07) is 39.0. The van der Waals surface area contributed by atoms with E-state index in [-0.39, 0.29) is 17.8 Å². The normalized spacial score (nSPS) is 19.9. The fourth-order valence-corrected chi connectivity index (χ4v) is 10.2. The molecule has 3 unspecified atom stereocenters. The molecule has 0 aliphatic heterocycles. The zero-order chi connectivity index (χ0) is 37.6. The van der Waals surface area contributed by atoms with Crippen LogP contribution in [0.4, 0.5) is 0 Å². The summed E-state index contributed by atoms with van der Waals surface area (Å²) in [7, 11) is 0. The topological polar surface area (TPSA) is 15.8 Å². The lowest BCUT2D eigenvalue weighted by Crippen LogP contribution is -2.25. The van der Waals surface area contributed by atoms with Crippen LogP contribution in [0.3, 0.4) is 0 Å². The molecule has 0 radical (unpaired) electrons. The van der Waals surface area contributed by atoms with E-state index in [1.807, 2.05) is 0 Å². The quantitative estimate of drug-likeness (QED) is 0.151. The van der Waals surface area contributed by atoms with Gasteiger partial charge in [-0.1, -0.05) is 154 Å². The Morgan fingerprint density at radius 1 is 0.745 bits per heavy atom. The van der Waals surface area contributed by atoms with Crippen LogP contribution in [0.2, 0.25) is 0 Å². The summed E-state index contributed by atoms with van der Waals surface area (Å²) < 4.78 is 0. The highest BCUT2D eigenvalue weighted by molar-refractivity contribution is 5.93. The van der Waals surface area contributed by atoms with Crippen molar-refractivity contribution in [2.75, 3.05) is 0 Å². The summed E-state index contributed by atoms with van der Waals surface area (Å²) in [6.45, 7) is 11.5. The van der Waals surface area contributed by atoms with Crippen LogP contribution in [0.25, 0.3) is 44.8 Å². The molecular formula is C54H51N. The van der Waals surface area contributed by atoms with Crippen molar-refractivity contribution in [1.29, 1.82) is 0 Å². The number of fused-ring (bicyclic) bond motifs is 5. The molecule has 0 saturated carbocycles. The van der Waals surface area contributed by atoms with Crippen LogP contribution in [0.1, 0.15) is 89.7 Å². The van der Waals surface area contributed by atoms with Crippen LogP contribution in [0.15, 0.2) is 127 Å². The molecule has 5 aromatic carbocycles. The molecule has 9 rings (SSSR count). The Kier molecular flexibility index (Phi) is 9.31. The predicted molar refractivity (Wildman–Crippen MR) is 234 cm³/mol. The summed E-state index contributed by atoms with van der Waals surface area (Å²) in [6.07, 6.45) is 14.5. The number of rotatable bonds is 8. The molecule has 1 heterocycles. The maximum atomic E-state index is 3.86. The largest absolute Gasteiger partial charge is 0.358 e. The molecule has 1 aromatic heterocycles. The lowest BCUT2D eigenvalue weighted by molar-refractivity contribution is 0.352. The first kappa shape index (κ1) is 35.1. The molecule has 0 amide bonds. The number of para-hydroxylation sites is 1. The Morgan fingerprint density at radius 2 is 1.53 bits per heavy atom. The van der Waals surface area contributed by atoms with Crippen LogP contribution in [0, 0.1) is 43.4 Å². The fourth-order valence-electron chi connectivity index (χ4n) is 10.2. The maximum Gasteiger partial charge on any atom is 0.0504 e. The van der Waals surface area contributed by atoms with Crippen molar-refractivity contribution in [2.24, 2.45) is 17.8 Å². The van der Waals surface area contributed by atoms with Crippen LogP contribution >= 0.6 is 0 Å². The second kappa shape index (κ2) is 14.6. The average molecular weight is 714 g/mol. The molecule has 6 aromatic rings. The monoisotopic (exact) mass is 713 g/mol. The van der Waals surface area contributed by atoms with Gasteiger partial charge in [-0.2, -0.15) is 0 Å². The Hall–Kier alpha value is -5.58. The molecule has 0 spiro atoms. The van der Waals surface area contributed by atoms with Gasteiger partial charge >= 0.3 is 0 Å². The standard InChI is InChI=1S/C54H51N/c1-6-37-18-9-11-22-44(37)53-50-33-39(42-24-16-25-43(36(42)5)41-21-10-8-17-34(41)3)30-32-46(50)40(7-2)45(48-31-29-35(4)52(48)53)26-14-19-38-20-15-27-49-47-23-12-13-28-51(47)55-54(38)49/h8-12,14-18,20-27,30,32-33,35,48,52-53,55H,6-7,13,19,28H2,1-5H3/b26-14-/t35-,48?,52?,53?/m0/s1. The predicted octanol–water partition coefficient (Wildman–Crippen LogP) is 13.6. The maximum absolute atomic E-state index is 3.86. The molecule has 1 N–H and O–H groups in total. The number of nitrogens with one attached hydrogen (secondary N) is 1. The van der Waals surface area contributed by atoms with Crippen LogP contribution in [-0.2, 0) is 19.3 Å². The fraction of sp³-hybridized carbons (Fsp3) is 0.259. The number of aromatic nitrogens is 1.